The molecule has 9 rings (SSSR count). The number of nitrogens with zero attached hydrogens (tertiary/aromatic N) is 7. The van der Waals surface area contributed by atoms with E-state index < -0.39 is 29.7 Å². The van der Waals surface area contributed by atoms with Gasteiger partial charge in [0.15, 0.2) is 0 Å². The lowest BCUT2D eigenvalue weighted by atomic mass is 9.76. The fraction of sp³-hybridized carbons (Fsp3) is 0.467. The zero-order valence-corrected chi connectivity index (χ0v) is 34.3. The molecule has 2 atom stereocenters. The highest BCUT2D eigenvalue weighted by atomic mass is 35.5. The number of imide groups is 2. The molecular formula is C45H49ClN8O5. The molecule has 2 unspecified atom stereocenters. The number of halogens is 1. The predicted molar refractivity (Wildman–Crippen MR) is 224 cm³/mol. The minimum Gasteiger partial charge on any atom is -0.371 e. The van der Waals surface area contributed by atoms with Crippen molar-refractivity contribution in [1.29, 1.82) is 5.26 Å². The number of piperazine rings is 1. The van der Waals surface area contributed by atoms with Crippen LogP contribution in [0.5, 0.6) is 0 Å². The van der Waals surface area contributed by atoms with Crippen molar-refractivity contribution in [2.45, 2.75) is 58.0 Å². The number of hydrogen-bond donors (Lipinski definition) is 1. The smallest absolute Gasteiger partial charge is 0.262 e. The molecule has 59 heavy (non-hydrogen) atoms. The number of fused-ring (bicyclic) bond motifs is 1. The molecule has 6 aliphatic rings. The van der Waals surface area contributed by atoms with E-state index in [2.05, 4.69) is 57.0 Å². The third-order valence-corrected chi connectivity index (χ3v) is 14.0. The maximum Gasteiger partial charge on any atom is 0.262 e. The van der Waals surface area contributed by atoms with Gasteiger partial charge < -0.3 is 19.6 Å². The van der Waals surface area contributed by atoms with E-state index >= 15 is 0 Å². The summed E-state index contributed by atoms with van der Waals surface area (Å²) in [5, 5.41) is 12.0. The predicted octanol–water partition coefficient (Wildman–Crippen LogP) is 4.78. The number of nitriles is 1. The van der Waals surface area contributed by atoms with Gasteiger partial charge in [-0.05, 0) is 98.7 Å². The molecule has 5 fully saturated rings. The van der Waals surface area contributed by atoms with Crippen LogP contribution >= 0.6 is 11.6 Å². The molecule has 6 aliphatic heterocycles. The Morgan fingerprint density at radius 1 is 0.831 bits per heavy atom. The maximum absolute atomic E-state index is 13.6. The van der Waals surface area contributed by atoms with Gasteiger partial charge in [0.1, 0.15) is 12.1 Å². The molecule has 3 aromatic carbocycles. The van der Waals surface area contributed by atoms with Gasteiger partial charge in [-0.15, -0.1) is 0 Å². The molecule has 0 aromatic heterocycles. The second-order valence-corrected chi connectivity index (χ2v) is 18.3. The molecule has 0 saturated carbocycles. The lowest BCUT2D eigenvalue weighted by molar-refractivity contribution is -0.136. The highest BCUT2D eigenvalue weighted by Crippen LogP contribution is 2.46. The number of piperidine rings is 2. The van der Waals surface area contributed by atoms with Crippen molar-refractivity contribution in [3.8, 4) is 6.07 Å². The van der Waals surface area contributed by atoms with Crippen LogP contribution in [-0.4, -0.2) is 122 Å². The highest BCUT2D eigenvalue weighted by Gasteiger charge is 2.47. The van der Waals surface area contributed by atoms with Gasteiger partial charge in [-0.3, -0.25) is 39.1 Å². The van der Waals surface area contributed by atoms with E-state index in [1.54, 1.807) is 12.1 Å². The van der Waals surface area contributed by atoms with Crippen LogP contribution in [0, 0.1) is 22.2 Å². The summed E-state index contributed by atoms with van der Waals surface area (Å²) in [6, 6.07) is 20.7. The number of rotatable bonds is 7. The summed E-state index contributed by atoms with van der Waals surface area (Å²) in [6.45, 7) is 12.9. The Morgan fingerprint density at radius 3 is 2.19 bits per heavy atom. The van der Waals surface area contributed by atoms with Crippen molar-refractivity contribution in [2.24, 2.45) is 10.8 Å². The fourth-order valence-corrected chi connectivity index (χ4v) is 10.7. The van der Waals surface area contributed by atoms with Crippen molar-refractivity contribution >= 4 is 58.2 Å². The monoisotopic (exact) mass is 816 g/mol. The molecule has 14 heteroatoms. The zero-order valence-electron chi connectivity index (χ0n) is 33.6. The van der Waals surface area contributed by atoms with Crippen LogP contribution in [0.4, 0.5) is 17.1 Å². The Morgan fingerprint density at radius 2 is 1.51 bits per heavy atom. The number of hydrogen-bond acceptors (Lipinski definition) is 10. The summed E-state index contributed by atoms with van der Waals surface area (Å²) in [4.78, 5) is 76.6. The molecule has 5 amide bonds. The molecular weight excluding hydrogens is 768 g/mol. The minimum absolute atomic E-state index is 0.0302. The van der Waals surface area contributed by atoms with Gasteiger partial charge in [0.05, 0.1) is 21.7 Å². The van der Waals surface area contributed by atoms with Gasteiger partial charge in [-0.1, -0.05) is 18.5 Å². The topological polar surface area (TPSA) is 141 Å². The normalized spacial score (nSPS) is 24.0. The summed E-state index contributed by atoms with van der Waals surface area (Å²) in [6.07, 6.45) is 3.55. The molecule has 306 valence electrons. The van der Waals surface area contributed by atoms with E-state index in [0.29, 0.717) is 40.8 Å². The number of carbonyl (C=O) groups excluding carboxylic acids is 5. The van der Waals surface area contributed by atoms with E-state index in [1.165, 1.54) is 0 Å². The second-order valence-electron chi connectivity index (χ2n) is 17.9. The molecule has 0 radical (unpaired) electrons. The summed E-state index contributed by atoms with van der Waals surface area (Å²) >= 11 is 6.38. The van der Waals surface area contributed by atoms with Gasteiger partial charge in [0.2, 0.25) is 11.8 Å². The Balaban J connectivity index is 0.734. The molecule has 1 N–H and O–H groups in total. The van der Waals surface area contributed by atoms with Crippen LogP contribution in [0.1, 0.15) is 82.6 Å². The summed E-state index contributed by atoms with van der Waals surface area (Å²) in [5.74, 6) is -1.94. The third kappa shape index (κ3) is 7.20. The van der Waals surface area contributed by atoms with Crippen LogP contribution in [0.25, 0.3) is 0 Å². The van der Waals surface area contributed by atoms with Crippen LogP contribution in [0.15, 0.2) is 60.7 Å². The van der Waals surface area contributed by atoms with Crippen molar-refractivity contribution in [1.82, 2.24) is 20.0 Å². The molecule has 0 aliphatic carbocycles. The van der Waals surface area contributed by atoms with Crippen molar-refractivity contribution in [3.63, 3.8) is 0 Å². The van der Waals surface area contributed by atoms with E-state index in [-0.39, 0.29) is 35.1 Å². The van der Waals surface area contributed by atoms with Gasteiger partial charge >= 0.3 is 0 Å². The Hall–Kier alpha value is -5.45. The second kappa shape index (κ2) is 15.0. The number of carbonyl (C=O) groups is 5. The number of anilines is 3. The molecule has 13 nitrogen and oxygen atoms in total. The Bertz CT molecular complexity index is 2270. The van der Waals surface area contributed by atoms with Crippen LogP contribution in [0.2, 0.25) is 5.02 Å². The summed E-state index contributed by atoms with van der Waals surface area (Å²) < 4.78 is 0. The minimum atomic E-state index is -0.982. The Kier molecular flexibility index (Phi) is 9.91. The van der Waals surface area contributed by atoms with Crippen molar-refractivity contribution in [2.75, 3.05) is 80.1 Å². The number of nitrogens with one attached hydrogen (secondary N) is 1. The maximum atomic E-state index is 13.6. The van der Waals surface area contributed by atoms with Crippen molar-refractivity contribution < 1.29 is 24.0 Å². The first-order chi connectivity index (χ1) is 28.3. The van der Waals surface area contributed by atoms with Crippen LogP contribution < -0.4 is 20.0 Å². The quantitative estimate of drug-likeness (QED) is 0.332. The summed E-state index contributed by atoms with van der Waals surface area (Å²) in [5.41, 5.74) is 5.17. The molecule has 0 bridgehead atoms. The average molecular weight is 817 g/mol. The lowest BCUT2D eigenvalue weighted by Gasteiger charge is -2.52. The highest BCUT2D eigenvalue weighted by molar-refractivity contribution is 6.32. The van der Waals surface area contributed by atoms with Gasteiger partial charge in [-0.25, -0.2) is 0 Å². The first-order valence-corrected chi connectivity index (χ1v) is 21.1. The zero-order chi connectivity index (χ0) is 41.2. The van der Waals surface area contributed by atoms with Gasteiger partial charge in [-0.2, -0.15) is 5.26 Å². The first kappa shape index (κ1) is 39.0. The van der Waals surface area contributed by atoms with E-state index in [9.17, 15) is 29.2 Å². The number of benzene rings is 3. The summed E-state index contributed by atoms with van der Waals surface area (Å²) in [7, 11) is 0. The van der Waals surface area contributed by atoms with E-state index in [1.807, 2.05) is 41.3 Å². The SMILES string of the molecule is CC1CC2(CCN(c3ccc(C(=O)N4CCN(CC5(C)CN(c6ccc7c(c6)C(=O)N(C6CCC(=O)NC6=O)C7=O)C5)CC4)cc3)CC2)CN1c1ccc(C#N)c(Cl)c1. The molecule has 6 heterocycles. The average Bonchev–Trinajstić information content (AvgIpc) is 3.67. The van der Waals surface area contributed by atoms with Crippen LogP contribution in [0.3, 0.4) is 0 Å². The standard InChI is InChI=1S/C45H49ClN8O5/c1-29-23-45(28-53(29)34-8-5-31(24-47)37(46)22-34)13-15-50(16-14-45)32-6-3-30(4-7-32)41(57)51-19-17-49(18-20-51)25-44(2)26-52(27-44)33-9-10-35-36(21-33)43(59)54(42(35)58)38-11-12-39(55)48-40(38)56/h3-10,21-22,29,38H,11-20,23,25-28H2,1-2H3,(H,48,55,56). The van der Waals surface area contributed by atoms with E-state index in [0.717, 1.165) is 93.6 Å². The molecule has 5 saturated heterocycles. The van der Waals surface area contributed by atoms with Gasteiger partial charge in [0, 0.05) is 106 Å². The first-order valence-electron chi connectivity index (χ1n) is 20.8. The molecule has 1 spiro atoms. The van der Waals surface area contributed by atoms with Crippen LogP contribution in [-0.2, 0) is 9.59 Å². The van der Waals surface area contributed by atoms with Crippen molar-refractivity contribution in [3.05, 3.63) is 87.9 Å². The fourth-order valence-electron chi connectivity index (χ4n) is 10.5. The third-order valence-electron chi connectivity index (χ3n) is 13.7. The Labute approximate surface area is 349 Å². The van der Waals surface area contributed by atoms with Gasteiger partial charge in [0.25, 0.3) is 17.7 Å². The lowest BCUT2D eigenvalue weighted by Crippen LogP contribution is -2.61. The van der Waals surface area contributed by atoms with E-state index in [4.69, 9.17) is 11.6 Å². The largest absolute Gasteiger partial charge is 0.371 e. The number of amides is 5. The molecule has 3 aromatic rings.